The molecule has 0 spiro atoms. The van der Waals surface area contributed by atoms with Crippen molar-refractivity contribution in [3.05, 3.63) is 92.9 Å². The van der Waals surface area contributed by atoms with Crippen LogP contribution in [0.4, 0.5) is 5.69 Å². The molecule has 2 N–H and O–H groups in total. The van der Waals surface area contributed by atoms with Crippen molar-refractivity contribution in [2.24, 2.45) is 0 Å². The molecule has 0 aromatic heterocycles. The van der Waals surface area contributed by atoms with Crippen molar-refractivity contribution in [1.29, 1.82) is 5.26 Å². The number of carbonyl (C=O) groups is 2. The van der Waals surface area contributed by atoms with Crippen LogP contribution in [0.1, 0.15) is 18.1 Å². The van der Waals surface area contributed by atoms with Crippen LogP contribution in [0, 0.1) is 11.3 Å². The Kier molecular flexibility index (Phi) is 9.92. The number of nitrogens with one attached hydrogen (secondary N) is 2. The van der Waals surface area contributed by atoms with Crippen LogP contribution in [0.2, 0.25) is 5.02 Å². The molecule has 0 heterocycles. The highest BCUT2D eigenvalue weighted by Gasteiger charge is 2.16. The van der Waals surface area contributed by atoms with Crippen molar-refractivity contribution in [2.45, 2.75) is 13.5 Å². The fourth-order valence-corrected chi connectivity index (χ4v) is 3.91. The van der Waals surface area contributed by atoms with Gasteiger partial charge in [0.15, 0.2) is 18.1 Å². The molecule has 0 aliphatic heterocycles. The molecule has 3 aromatic carbocycles. The van der Waals surface area contributed by atoms with Gasteiger partial charge in [0, 0.05) is 6.54 Å². The van der Waals surface area contributed by atoms with E-state index in [0.717, 1.165) is 5.56 Å². The number of halogens is 2. The van der Waals surface area contributed by atoms with E-state index in [0.29, 0.717) is 45.4 Å². The molecule has 3 aromatic rings. The van der Waals surface area contributed by atoms with Crippen LogP contribution >= 0.6 is 27.5 Å². The Morgan fingerprint density at radius 3 is 2.50 bits per heavy atom. The Morgan fingerprint density at radius 1 is 1.08 bits per heavy atom. The fraction of sp³-hybridized carbons (Fsp3) is 0.148. The van der Waals surface area contributed by atoms with E-state index >= 15 is 0 Å². The minimum atomic E-state index is -0.494. The van der Waals surface area contributed by atoms with Gasteiger partial charge in [-0.2, -0.15) is 5.26 Å². The normalized spacial score (nSPS) is 10.8. The number of nitriles is 1. The first-order valence-electron chi connectivity index (χ1n) is 11.0. The van der Waals surface area contributed by atoms with Gasteiger partial charge >= 0.3 is 0 Å². The highest BCUT2D eigenvalue weighted by Crippen LogP contribution is 2.37. The number of hydrogen-bond donors (Lipinski definition) is 2. The van der Waals surface area contributed by atoms with E-state index in [9.17, 15) is 14.9 Å². The summed E-state index contributed by atoms with van der Waals surface area (Å²) in [4.78, 5) is 24.9. The fourth-order valence-electron chi connectivity index (χ4n) is 3.15. The Labute approximate surface area is 222 Å². The summed E-state index contributed by atoms with van der Waals surface area (Å²) in [5.41, 5.74) is 1.88. The lowest BCUT2D eigenvalue weighted by Crippen LogP contribution is -2.23. The Hall–Kier alpha value is -3.80. The maximum Gasteiger partial charge on any atom is 0.262 e. The number of ether oxygens (including phenoxy) is 2. The lowest BCUT2D eigenvalue weighted by Gasteiger charge is -2.15. The number of carbonyl (C=O) groups excluding carboxylic acids is 2. The third kappa shape index (κ3) is 7.60. The van der Waals surface area contributed by atoms with E-state index in [1.54, 1.807) is 36.4 Å². The zero-order valence-electron chi connectivity index (χ0n) is 19.4. The van der Waals surface area contributed by atoms with Gasteiger partial charge in [-0.25, -0.2) is 0 Å². The van der Waals surface area contributed by atoms with E-state index in [4.69, 9.17) is 21.1 Å². The largest absolute Gasteiger partial charge is 0.490 e. The maximum absolute atomic E-state index is 12.5. The third-order valence-corrected chi connectivity index (χ3v) is 5.72. The second kappa shape index (κ2) is 13.3. The van der Waals surface area contributed by atoms with Crippen molar-refractivity contribution in [3.63, 3.8) is 0 Å². The number of amides is 2. The molecule has 0 aliphatic rings. The zero-order valence-corrected chi connectivity index (χ0v) is 21.7. The zero-order chi connectivity index (χ0) is 25.9. The summed E-state index contributed by atoms with van der Waals surface area (Å²) in [7, 11) is 0. The van der Waals surface area contributed by atoms with Crippen molar-refractivity contribution in [2.75, 3.05) is 18.5 Å². The number of benzene rings is 3. The molecular formula is C27H23BrClN3O4. The molecular weight excluding hydrogens is 546 g/mol. The first-order valence-corrected chi connectivity index (χ1v) is 12.2. The number of para-hydroxylation sites is 1. The number of nitrogens with zero attached hydrogens (tertiary/aromatic N) is 1. The molecule has 0 atom stereocenters. The van der Waals surface area contributed by atoms with Crippen LogP contribution in [-0.4, -0.2) is 25.0 Å². The molecule has 0 aliphatic carbocycles. The van der Waals surface area contributed by atoms with Crippen molar-refractivity contribution in [3.8, 4) is 17.6 Å². The molecule has 0 bridgehead atoms. The molecule has 0 fully saturated rings. The van der Waals surface area contributed by atoms with E-state index in [1.165, 1.54) is 6.08 Å². The van der Waals surface area contributed by atoms with Gasteiger partial charge in [-0.1, -0.05) is 54.1 Å². The lowest BCUT2D eigenvalue weighted by molar-refractivity contribution is -0.118. The van der Waals surface area contributed by atoms with Crippen LogP contribution in [-0.2, 0) is 16.1 Å². The highest BCUT2D eigenvalue weighted by atomic mass is 79.9. The topological polar surface area (TPSA) is 100 Å². The molecule has 3 rings (SSSR count). The number of anilines is 1. The van der Waals surface area contributed by atoms with Gasteiger partial charge in [0.2, 0.25) is 0 Å². The Morgan fingerprint density at radius 2 is 1.81 bits per heavy atom. The summed E-state index contributed by atoms with van der Waals surface area (Å²) in [5.74, 6) is -0.226. The molecule has 7 nitrogen and oxygen atoms in total. The van der Waals surface area contributed by atoms with Gasteiger partial charge in [0.1, 0.15) is 11.6 Å². The van der Waals surface area contributed by atoms with Crippen LogP contribution in [0.3, 0.4) is 0 Å². The van der Waals surface area contributed by atoms with Gasteiger partial charge < -0.3 is 20.1 Å². The Bertz CT molecular complexity index is 1310. The average molecular weight is 569 g/mol. The summed E-state index contributed by atoms with van der Waals surface area (Å²) in [5, 5.41) is 15.4. The van der Waals surface area contributed by atoms with E-state index in [2.05, 4.69) is 26.6 Å². The third-order valence-electron chi connectivity index (χ3n) is 4.80. The average Bonchev–Trinajstić information content (AvgIpc) is 2.87. The van der Waals surface area contributed by atoms with Gasteiger partial charge in [-0.15, -0.1) is 0 Å². The first kappa shape index (κ1) is 26.8. The molecule has 2 amide bonds. The number of hydrogen-bond acceptors (Lipinski definition) is 5. The monoisotopic (exact) mass is 567 g/mol. The predicted molar refractivity (Wildman–Crippen MR) is 143 cm³/mol. The molecule has 9 heteroatoms. The summed E-state index contributed by atoms with van der Waals surface area (Å²) < 4.78 is 11.9. The van der Waals surface area contributed by atoms with Crippen molar-refractivity contribution in [1.82, 2.24) is 5.32 Å². The van der Waals surface area contributed by atoms with Gasteiger partial charge in [0.25, 0.3) is 11.8 Å². The van der Waals surface area contributed by atoms with E-state index in [1.807, 2.05) is 43.3 Å². The van der Waals surface area contributed by atoms with Gasteiger partial charge in [-0.3, -0.25) is 9.59 Å². The molecule has 36 heavy (non-hydrogen) atoms. The predicted octanol–water partition coefficient (Wildman–Crippen LogP) is 5.74. The molecule has 184 valence electrons. The maximum atomic E-state index is 12.5. The smallest absolute Gasteiger partial charge is 0.262 e. The summed E-state index contributed by atoms with van der Waals surface area (Å²) in [6.45, 7) is 2.16. The minimum absolute atomic E-state index is 0.0620. The quantitative estimate of drug-likeness (QED) is 0.240. The second-order valence-electron chi connectivity index (χ2n) is 7.42. The Balaban J connectivity index is 1.73. The molecule has 0 saturated carbocycles. The van der Waals surface area contributed by atoms with E-state index in [-0.39, 0.29) is 12.2 Å². The summed E-state index contributed by atoms with van der Waals surface area (Å²) >= 11 is 9.52. The van der Waals surface area contributed by atoms with Gasteiger partial charge in [0.05, 0.1) is 21.8 Å². The SMILES string of the molecule is CCOc1cc(/C=C(\C#N)C(=O)NCc2ccccc2)cc(Br)c1OCC(=O)Nc1ccccc1Cl. The lowest BCUT2D eigenvalue weighted by atomic mass is 10.1. The van der Waals surface area contributed by atoms with Crippen molar-refractivity contribution < 1.29 is 19.1 Å². The van der Waals surface area contributed by atoms with Crippen LogP contribution in [0.15, 0.2) is 76.8 Å². The number of rotatable bonds is 10. The standard InChI is InChI=1S/C27H23BrClN3O4/c1-2-35-24-14-19(12-20(15-30)27(34)31-16-18-8-4-3-5-9-18)13-21(28)26(24)36-17-25(33)32-23-11-7-6-10-22(23)29/h3-14H,2,16-17H2,1H3,(H,31,34)(H,32,33)/b20-12+. The second-order valence-corrected chi connectivity index (χ2v) is 8.68. The highest BCUT2D eigenvalue weighted by molar-refractivity contribution is 9.10. The summed E-state index contributed by atoms with van der Waals surface area (Å²) in [6, 6.07) is 21.5. The molecule has 0 radical (unpaired) electrons. The first-order chi connectivity index (χ1) is 17.4. The minimum Gasteiger partial charge on any atom is -0.490 e. The van der Waals surface area contributed by atoms with Crippen LogP contribution in [0.5, 0.6) is 11.5 Å². The van der Waals surface area contributed by atoms with Crippen LogP contribution in [0.25, 0.3) is 6.08 Å². The van der Waals surface area contributed by atoms with Gasteiger partial charge in [-0.05, 0) is 64.3 Å². The molecule has 0 unspecified atom stereocenters. The van der Waals surface area contributed by atoms with Crippen molar-refractivity contribution >= 4 is 51.1 Å². The van der Waals surface area contributed by atoms with Crippen LogP contribution < -0.4 is 20.1 Å². The summed E-state index contributed by atoms with van der Waals surface area (Å²) in [6.07, 6.45) is 1.46. The van der Waals surface area contributed by atoms with E-state index < -0.39 is 11.8 Å². The molecule has 0 saturated heterocycles.